The Hall–Kier alpha value is -6.24. The highest BCUT2D eigenvalue weighted by molar-refractivity contribution is 6.21. The highest BCUT2D eigenvalue weighted by atomic mass is 14.5. The highest BCUT2D eigenvalue weighted by Gasteiger charge is 2.52. The van der Waals surface area contributed by atoms with Gasteiger partial charge in [0.15, 0.2) is 0 Å². The summed E-state index contributed by atoms with van der Waals surface area (Å²) >= 11 is 0. The van der Waals surface area contributed by atoms with E-state index >= 15 is 0 Å². The molecule has 3 aliphatic rings. The molecule has 0 radical (unpaired) electrons. The van der Waals surface area contributed by atoms with Gasteiger partial charge in [-0.25, -0.2) is 0 Å². The number of rotatable bonds is 1. The predicted molar refractivity (Wildman–Crippen MR) is 205 cm³/mol. The van der Waals surface area contributed by atoms with Crippen molar-refractivity contribution in [1.29, 1.82) is 0 Å². The third-order valence-corrected chi connectivity index (χ3v) is 11.8. The van der Waals surface area contributed by atoms with Crippen LogP contribution in [-0.2, 0) is 5.41 Å². The van der Waals surface area contributed by atoms with E-state index in [1.54, 1.807) is 0 Å². The normalized spacial score (nSPS) is 13.9. The topological polar surface area (TPSA) is 0 Å². The minimum absolute atomic E-state index is 0.349. The van der Waals surface area contributed by atoms with Gasteiger partial charge in [0.25, 0.3) is 0 Å². The maximum Gasteiger partial charge on any atom is 0.0725 e. The van der Waals surface area contributed by atoms with Crippen LogP contribution in [0.15, 0.2) is 170 Å². The summed E-state index contributed by atoms with van der Waals surface area (Å²) < 4.78 is 0. The molecule has 0 fully saturated rings. The molecule has 0 heterocycles. The lowest BCUT2D eigenvalue weighted by Gasteiger charge is -2.30. The molecule has 224 valence electrons. The van der Waals surface area contributed by atoms with Crippen molar-refractivity contribution in [1.82, 2.24) is 0 Å². The molecule has 12 rings (SSSR count). The molecule has 0 nitrogen and oxygen atoms in total. The number of hydrogen-bond acceptors (Lipinski definition) is 0. The summed E-state index contributed by atoms with van der Waals surface area (Å²) in [5.41, 5.74) is 18.5. The average molecular weight is 617 g/mol. The van der Waals surface area contributed by atoms with Crippen LogP contribution in [0, 0.1) is 0 Å². The maximum absolute atomic E-state index is 2.56. The van der Waals surface area contributed by atoms with Crippen LogP contribution in [0.5, 0.6) is 0 Å². The van der Waals surface area contributed by atoms with Crippen LogP contribution >= 0.6 is 0 Å². The fourth-order valence-electron chi connectivity index (χ4n) is 9.87. The summed E-state index contributed by atoms with van der Waals surface area (Å²) in [6.45, 7) is 0. The third kappa shape index (κ3) is 3.07. The van der Waals surface area contributed by atoms with E-state index in [1.807, 2.05) is 0 Å². The van der Waals surface area contributed by atoms with Gasteiger partial charge in [0.1, 0.15) is 0 Å². The Bertz CT molecular complexity index is 2890. The van der Waals surface area contributed by atoms with Crippen LogP contribution in [0.2, 0.25) is 0 Å². The molecule has 0 saturated carbocycles. The Balaban J connectivity index is 1.11. The van der Waals surface area contributed by atoms with E-state index in [-0.39, 0.29) is 5.41 Å². The van der Waals surface area contributed by atoms with Crippen LogP contribution in [0.3, 0.4) is 0 Å². The predicted octanol–water partition coefficient (Wildman–Crippen LogP) is 12.8. The van der Waals surface area contributed by atoms with Gasteiger partial charge < -0.3 is 0 Å². The second kappa shape index (κ2) is 9.01. The van der Waals surface area contributed by atoms with Gasteiger partial charge in [-0.1, -0.05) is 152 Å². The minimum atomic E-state index is -0.349. The van der Waals surface area contributed by atoms with Crippen molar-refractivity contribution in [2.24, 2.45) is 0 Å². The van der Waals surface area contributed by atoms with Crippen molar-refractivity contribution in [3.8, 4) is 55.6 Å². The zero-order valence-corrected chi connectivity index (χ0v) is 26.7. The molecule has 49 heavy (non-hydrogen) atoms. The largest absolute Gasteiger partial charge is 0.0725 e. The van der Waals surface area contributed by atoms with E-state index in [0.29, 0.717) is 0 Å². The van der Waals surface area contributed by atoms with Crippen LogP contribution in [-0.4, -0.2) is 0 Å². The second-order valence-corrected chi connectivity index (χ2v) is 13.9. The molecule has 1 spiro atoms. The first-order chi connectivity index (χ1) is 24.3. The van der Waals surface area contributed by atoms with Crippen molar-refractivity contribution in [3.05, 3.63) is 192 Å². The Morgan fingerprint density at radius 3 is 1.69 bits per heavy atom. The summed E-state index contributed by atoms with van der Waals surface area (Å²) in [7, 11) is 0. The summed E-state index contributed by atoms with van der Waals surface area (Å²) in [5, 5.41) is 7.91. The molecule has 0 unspecified atom stereocenters. The van der Waals surface area contributed by atoms with Gasteiger partial charge >= 0.3 is 0 Å². The van der Waals surface area contributed by atoms with Gasteiger partial charge in [-0.3, -0.25) is 0 Å². The first kappa shape index (κ1) is 25.8. The zero-order chi connectivity index (χ0) is 31.8. The van der Waals surface area contributed by atoms with Gasteiger partial charge in [0, 0.05) is 0 Å². The second-order valence-electron chi connectivity index (χ2n) is 13.9. The van der Waals surface area contributed by atoms with E-state index < -0.39 is 0 Å². The SMILES string of the molecule is c1ccc2c(c1)-c1ccccc1C21c2ccccc2-c2c1cc1c3c(cccc23)-c2cc(-c3ccc4c(ccc5ccccc54)c3)ccc2-1. The molecule has 0 N–H and O–H groups in total. The molecule has 0 aromatic heterocycles. The van der Waals surface area contributed by atoms with E-state index in [9.17, 15) is 0 Å². The van der Waals surface area contributed by atoms with Gasteiger partial charge in [-0.05, 0) is 128 Å². The first-order valence-corrected chi connectivity index (χ1v) is 17.3. The van der Waals surface area contributed by atoms with Gasteiger partial charge in [-0.15, -0.1) is 0 Å². The molecule has 0 heteroatoms. The van der Waals surface area contributed by atoms with Crippen LogP contribution in [0.4, 0.5) is 0 Å². The Morgan fingerprint density at radius 2 is 0.878 bits per heavy atom. The van der Waals surface area contributed by atoms with Crippen LogP contribution < -0.4 is 0 Å². The smallest absolute Gasteiger partial charge is 0.0619 e. The van der Waals surface area contributed by atoms with Gasteiger partial charge in [0.2, 0.25) is 0 Å². The maximum atomic E-state index is 2.56. The lowest BCUT2D eigenvalue weighted by molar-refractivity contribution is 0.795. The molecule has 9 aromatic carbocycles. The fraction of sp³-hybridized carbons (Fsp3) is 0.0204. The third-order valence-electron chi connectivity index (χ3n) is 11.8. The molecule has 0 bridgehead atoms. The van der Waals surface area contributed by atoms with E-state index in [4.69, 9.17) is 0 Å². The molecular weight excluding hydrogens is 589 g/mol. The minimum Gasteiger partial charge on any atom is -0.0619 e. The Morgan fingerprint density at radius 1 is 0.286 bits per heavy atom. The molecular formula is C49H28. The molecule has 0 atom stereocenters. The lowest BCUT2D eigenvalue weighted by Crippen LogP contribution is -2.25. The van der Waals surface area contributed by atoms with E-state index in [1.165, 1.54) is 110 Å². The van der Waals surface area contributed by atoms with Crippen molar-refractivity contribution < 1.29 is 0 Å². The lowest BCUT2D eigenvalue weighted by atomic mass is 9.70. The standard InChI is InChI=1S/C49H28/c1-2-11-33-29(10-1)20-21-32-26-30(22-24-34(32)33)31-23-25-35-41(27-31)38-15-9-16-40-47(38)42(35)28-46-48(40)39-14-5-8-19-45(39)49(46)43-17-6-3-12-36(43)37-13-4-7-18-44(37)49/h1-28H. The van der Waals surface area contributed by atoms with Crippen molar-refractivity contribution in [2.45, 2.75) is 5.41 Å². The number of benzene rings is 9. The van der Waals surface area contributed by atoms with Gasteiger partial charge in [-0.2, -0.15) is 0 Å². The number of fused-ring (bicyclic) bond motifs is 17. The molecule has 0 amide bonds. The summed E-state index contributed by atoms with van der Waals surface area (Å²) in [6.07, 6.45) is 0. The highest BCUT2D eigenvalue weighted by Crippen LogP contribution is 2.65. The Labute approximate surface area is 284 Å². The van der Waals surface area contributed by atoms with Gasteiger partial charge in [0.05, 0.1) is 5.41 Å². The van der Waals surface area contributed by atoms with Crippen molar-refractivity contribution in [3.63, 3.8) is 0 Å². The number of hydrogen-bond donors (Lipinski definition) is 0. The molecule has 0 saturated heterocycles. The Kier molecular flexibility index (Phi) is 4.74. The monoisotopic (exact) mass is 616 g/mol. The quantitative estimate of drug-likeness (QED) is 0.161. The van der Waals surface area contributed by atoms with E-state index in [2.05, 4.69) is 170 Å². The fourth-order valence-corrected chi connectivity index (χ4v) is 9.87. The summed E-state index contributed by atoms with van der Waals surface area (Å²) in [5.74, 6) is 0. The molecule has 3 aliphatic carbocycles. The van der Waals surface area contributed by atoms with Crippen LogP contribution in [0.1, 0.15) is 22.3 Å². The summed E-state index contributed by atoms with van der Waals surface area (Å²) in [6, 6.07) is 64.2. The zero-order valence-electron chi connectivity index (χ0n) is 26.7. The van der Waals surface area contributed by atoms with Crippen LogP contribution in [0.25, 0.3) is 88.0 Å². The average Bonchev–Trinajstić information content (AvgIpc) is 3.77. The summed E-state index contributed by atoms with van der Waals surface area (Å²) in [4.78, 5) is 0. The molecule has 9 aromatic rings. The molecule has 0 aliphatic heterocycles. The van der Waals surface area contributed by atoms with E-state index in [0.717, 1.165) is 0 Å². The first-order valence-electron chi connectivity index (χ1n) is 17.3. The van der Waals surface area contributed by atoms with Crippen molar-refractivity contribution in [2.75, 3.05) is 0 Å². The van der Waals surface area contributed by atoms with Crippen molar-refractivity contribution >= 4 is 32.3 Å².